The molecule has 0 radical (unpaired) electrons. The average molecular weight is 146 g/mol. The lowest BCUT2D eigenvalue weighted by molar-refractivity contribution is -0.139. The molecule has 1 unspecified atom stereocenters. The highest BCUT2D eigenvalue weighted by molar-refractivity contribution is 4.86. The van der Waals surface area contributed by atoms with Gasteiger partial charge in [0.25, 0.3) is 0 Å². The van der Waals surface area contributed by atoms with Crippen molar-refractivity contribution in [2.75, 3.05) is 13.2 Å². The van der Waals surface area contributed by atoms with Crippen LogP contribution in [0, 0.1) is 5.92 Å². The van der Waals surface area contributed by atoms with Crippen molar-refractivity contribution in [2.45, 2.75) is 32.4 Å². The maximum Gasteiger partial charge on any atom is 0.157 e. The second kappa shape index (κ2) is 2.87. The van der Waals surface area contributed by atoms with E-state index in [-0.39, 0.29) is 0 Å². The molecule has 0 aromatic heterocycles. The first-order valence-corrected chi connectivity index (χ1v) is 3.93. The Morgan fingerprint density at radius 1 is 1.60 bits per heavy atom. The minimum Gasteiger partial charge on any atom is -0.375 e. The van der Waals surface area contributed by atoms with E-state index in [0.29, 0.717) is 25.6 Å². The van der Waals surface area contributed by atoms with Gasteiger partial charge in [-0.3, -0.25) is 0 Å². The van der Waals surface area contributed by atoms with Crippen molar-refractivity contribution in [3.05, 3.63) is 0 Å². The zero-order valence-corrected chi connectivity index (χ0v) is 6.69. The maximum absolute atomic E-state index is 13.2. The highest BCUT2D eigenvalue weighted by Gasteiger charge is 2.39. The van der Waals surface area contributed by atoms with E-state index in [0.717, 1.165) is 6.42 Å². The SMILES string of the molecule is CCC(C)CC1(F)COC1. The van der Waals surface area contributed by atoms with Gasteiger partial charge in [-0.15, -0.1) is 0 Å². The quantitative estimate of drug-likeness (QED) is 0.593. The van der Waals surface area contributed by atoms with Gasteiger partial charge < -0.3 is 4.74 Å². The van der Waals surface area contributed by atoms with Gasteiger partial charge >= 0.3 is 0 Å². The third kappa shape index (κ3) is 1.69. The molecule has 0 bridgehead atoms. The Balaban J connectivity index is 2.22. The van der Waals surface area contributed by atoms with Crippen molar-refractivity contribution < 1.29 is 9.13 Å². The van der Waals surface area contributed by atoms with E-state index in [1.807, 2.05) is 0 Å². The van der Waals surface area contributed by atoms with Crippen LogP contribution in [0.5, 0.6) is 0 Å². The van der Waals surface area contributed by atoms with E-state index in [1.54, 1.807) is 0 Å². The van der Waals surface area contributed by atoms with Crippen LogP contribution in [0.2, 0.25) is 0 Å². The number of ether oxygens (including phenoxy) is 1. The molecular formula is C8H15FO. The molecule has 1 aliphatic rings. The van der Waals surface area contributed by atoms with Crippen molar-refractivity contribution in [3.63, 3.8) is 0 Å². The topological polar surface area (TPSA) is 9.23 Å². The van der Waals surface area contributed by atoms with Gasteiger partial charge in [0.15, 0.2) is 5.67 Å². The van der Waals surface area contributed by atoms with E-state index in [1.165, 1.54) is 0 Å². The van der Waals surface area contributed by atoms with Gasteiger partial charge in [0.1, 0.15) is 0 Å². The zero-order chi connectivity index (χ0) is 7.61. The molecule has 0 N–H and O–H groups in total. The molecule has 60 valence electrons. The first kappa shape index (κ1) is 7.99. The van der Waals surface area contributed by atoms with Crippen molar-refractivity contribution in [1.82, 2.24) is 0 Å². The number of halogens is 1. The molecule has 1 atom stereocenters. The fraction of sp³-hybridized carbons (Fsp3) is 1.00. The minimum atomic E-state index is -0.977. The van der Waals surface area contributed by atoms with Gasteiger partial charge in [-0.2, -0.15) is 0 Å². The zero-order valence-electron chi connectivity index (χ0n) is 6.69. The summed E-state index contributed by atoms with van der Waals surface area (Å²) in [6.45, 7) is 4.81. The molecule has 2 heteroatoms. The highest BCUT2D eigenvalue weighted by Crippen LogP contribution is 2.30. The predicted octanol–water partition coefficient (Wildman–Crippen LogP) is 2.16. The number of hydrogen-bond acceptors (Lipinski definition) is 1. The molecule has 0 aromatic rings. The van der Waals surface area contributed by atoms with Gasteiger partial charge in [0.2, 0.25) is 0 Å². The van der Waals surface area contributed by atoms with Crippen LogP contribution in [-0.2, 0) is 4.74 Å². The van der Waals surface area contributed by atoms with Crippen LogP contribution in [0.3, 0.4) is 0 Å². The van der Waals surface area contributed by atoms with E-state index >= 15 is 0 Å². The van der Waals surface area contributed by atoms with Crippen LogP contribution in [0.25, 0.3) is 0 Å². The maximum atomic E-state index is 13.2. The van der Waals surface area contributed by atoms with Crippen LogP contribution in [0.15, 0.2) is 0 Å². The molecule has 1 nitrogen and oxygen atoms in total. The van der Waals surface area contributed by atoms with Crippen LogP contribution in [-0.4, -0.2) is 18.9 Å². The van der Waals surface area contributed by atoms with E-state index < -0.39 is 5.67 Å². The van der Waals surface area contributed by atoms with Crippen molar-refractivity contribution in [2.24, 2.45) is 5.92 Å². The third-order valence-corrected chi connectivity index (χ3v) is 2.13. The van der Waals surface area contributed by atoms with Gasteiger partial charge in [-0.25, -0.2) is 4.39 Å². The van der Waals surface area contributed by atoms with E-state index in [9.17, 15) is 4.39 Å². The van der Waals surface area contributed by atoms with Crippen LogP contribution >= 0.6 is 0 Å². The largest absolute Gasteiger partial charge is 0.375 e. The van der Waals surface area contributed by atoms with Gasteiger partial charge in [-0.05, 0) is 12.3 Å². The highest BCUT2D eigenvalue weighted by atomic mass is 19.1. The lowest BCUT2D eigenvalue weighted by Gasteiger charge is -2.35. The summed E-state index contributed by atoms with van der Waals surface area (Å²) in [7, 11) is 0. The van der Waals surface area contributed by atoms with E-state index in [4.69, 9.17) is 4.74 Å². The number of alkyl halides is 1. The summed E-state index contributed by atoms with van der Waals surface area (Å²) in [5.41, 5.74) is -0.977. The van der Waals surface area contributed by atoms with Gasteiger partial charge in [-0.1, -0.05) is 20.3 Å². The van der Waals surface area contributed by atoms with Crippen LogP contribution in [0.4, 0.5) is 4.39 Å². The Hall–Kier alpha value is -0.110. The van der Waals surface area contributed by atoms with Gasteiger partial charge in [0, 0.05) is 0 Å². The molecule has 0 aromatic carbocycles. The van der Waals surface area contributed by atoms with Crippen molar-refractivity contribution in [1.29, 1.82) is 0 Å². The Morgan fingerprint density at radius 3 is 2.50 bits per heavy atom. The summed E-state index contributed by atoms with van der Waals surface area (Å²) in [5, 5.41) is 0. The molecule has 0 aliphatic carbocycles. The molecular weight excluding hydrogens is 131 g/mol. The molecule has 0 saturated carbocycles. The lowest BCUT2D eigenvalue weighted by atomic mass is 9.90. The summed E-state index contributed by atoms with van der Waals surface area (Å²) in [5.74, 6) is 0.494. The smallest absolute Gasteiger partial charge is 0.157 e. The Labute approximate surface area is 61.6 Å². The summed E-state index contributed by atoms with van der Waals surface area (Å²) in [6.07, 6.45) is 1.73. The lowest BCUT2D eigenvalue weighted by Crippen LogP contribution is -2.46. The van der Waals surface area contributed by atoms with Gasteiger partial charge in [0.05, 0.1) is 13.2 Å². The molecule has 1 rings (SSSR count). The predicted molar refractivity (Wildman–Crippen MR) is 38.7 cm³/mol. The first-order chi connectivity index (χ1) is 4.66. The summed E-state index contributed by atoms with van der Waals surface area (Å²) >= 11 is 0. The molecule has 1 saturated heterocycles. The van der Waals surface area contributed by atoms with Crippen LogP contribution < -0.4 is 0 Å². The number of rotatable bonds is 3. The molecule has 1 heterocycles. The summed E-state index contributed by atoms with van der Waals surface area (Å²) < 4.78 is 18.0. The summed E-state index contributed by atoms with van der Waals surface area (Å²) in [4.78, 5) is 0. The second-order valence-electron chi connectivity index (χ2n) is 3.36. The fourth-order valence-corrected chi connectivity index (χ4v) is 1.21. The molecule has 10 heavy (non-hydrogen) atoms. The molecule has 1 fully saturated rings. The average Bonchev–Trinajstić information content (AvgIpc) is 1.84. The fourth-order valence-electron chi connectivity index (χ4n) is 1.21. The minimum absolute atomic E-state index is 0.317. The summed E-state index contributed by atoms with van der Waals surface area (Å²) in [6, 6.07) is 0. The van der Waals surface area contributed by atoms with E-state index in [2.05, 4.69) is 13.8 Å². The molecule has 1 aliphatic heterocycles. The first-order valence-electron chi connectivity index (χ1n) is 3.93. The van der Waals surface area contributed by atoms with Crippen LogP contribution in [0.1, 0.15) is 26.7 Å². The van der Waals surface area contributed by atoms with Crippen molar-refractivity contribution >= 4 is 0 Å². The standard InChI is InChI=1S/C8H15FO/c1-3-7(2)4-8(9)5-10-6-8/h7H,3-6H2,1-2H3. The normalized spacial score (nSPS) is 25.5. The second-order valence-corrected chi connectivity index (χ2v) is 3.36. The monoisotopic (exact) mass is 146 g/mol. The third-order valence-electron chi connectivity index (χ3n) is 2.13. The molecule has 0 spiro atoms. The Bertz CT molecular complexity index is 110. The Morgan fingerprint density at radius 2 is 2.20 bits per heavy atom. The van der Waals surface area contributed by atoms with Crippen molar-refractivity contribution in [3.8, 4) is 0 Å². The number of hydrogen-bond donors (Lipinski definition) is 0. The molecule has 0 amide bonds. The Kier molecular flexibility index (Phi) is 2.29.